The molecule has 45 heavy (non-hydrogen) atoms. The molecule has 0 aliphatic heterocycles. The van der Waals surface area contributed by atoms with Crippen molar-refractivity contribution in [1.82, 2.24) is 5.32 Å². The molecular formula is C42H83NO2. The summed E-state index contributed by atoms with van der Waals surface area (Å²) in [7, 11) is 0. The highest BCUT2D eigenvalue weighted by atomic mass is 16.3. The molecule has 0 aromatic heterocycles. The van der Waals surface area contributed by atoms with E-state index in [0.717, 1.165) is 25.9 Å². The maximum Gasteiger partial charge on any atom is 0.0631 e. The van der Waals surface area contributed by atoms with Gasteiger partial charge in [-0.2, -0.15) is 0 Å². The molecule has 2 atom stereocenters. The second-order valence-electron chi connectivity index (χ2n) is 15.4. The van der Waals surface area contributed by atoms with Gasteiger partial charge in [0.05, 0.1) is 11.2 Å². The monoisotopic (exact) mass is 634 g/mol. The van der Waals surface area contributed by atoms with Crippen LogP contribution < -0.4 is 5.32 Å². The van der Waals surface area contributed by atoms with Crippen molar-refractivity contribution in [3.8, 4) is 0 Å². The van der Waals surface area contributed by atoms with Crippen molar-refractivity contribution in [2.75, 3.05) is 13.1 Å². The van der Waals surface area contributed by atoms with E-state index < -0.39 is 11.2 Å². The lowest BCUT2D eigenvalue weighted by Crippen LogP contribution is -2.43. The van der Waals surface area contributed by atoms with E-state index in [1.807, 2.05) is 27.7 Å². The average Bonchev–Trinajstić information content (AvgIpc) is 2.98. The lowest BCUT2D eigenvalue weighted by Gasteiger charge is -2.33. The Balaban J connectivity index is 4.07. The van der Waals surface area contributed by atoms with E-state index in [4.69, 9.17) is 0 Å². The average molecular weight is 634 g/mol. The molecule has 0 rings (SSSR count). The van der Waals surface area contributed by atoms with Gasteiger partial charge in [-0.15, -0.1) is 0 Å². The maximum absolute atomic E-state index is 10.8. The third-order valence-corrected chi connectivity index (χ3v) is 9.91. The number of hydrogen-bond acceptors (Lipinski definition) is 3. The quantitative estimate of drug-likeness (QED) is 0.0488. The molecular weight excluding hydrogens is 550 g/mol. The summed E-state index contributed by atoms with van der Waals surface area (Å²) in [6.45, 7) is 14.1. The van der Waals surface area contributed by atoms with E-state index in [0.29, 0.717) is 0 Å². The highest BCUT2D eigenvalue weighted by Crippen LogP contribution is 2.25. The summed E-state index contributed by atoms with van der Waals surface area (Å²) in [5.74, 6) is 0.484. The van der Waals surface area contributed by atoms with E-state index in [1.165, 1.54) is 154 Å². The van der Waals surface area contributed by atoms with Gasteiger partial charge in [0.15, 0.2) is 0 Å². The molecule has 0 spiro atoms. The first-order chi connectivity index (χ1) is 21.6. The summed E-state index contributed by atoms with van der Waals surface area (Å²) < 4.78 is 0. The number of nitrogens with one attached hydrogen (secondary N) is 1. The Labute approximate surface area is 283 Å². The van der Waals surface area contributed by atoms with Crippen LogP contribution in [0, 0.1) is 11.8 Å². The van der Waals surface area contributed by atoms with Crippen molar-refractivity contribution in [3.63, 3.8) is 0 Å². The molecule has 0 aliphatic carbocycles. The van der Waals surface area contributed by atoms with Crippen LogP contribution in [0.2, 0.25) is 0 Å². The van der Waals surface area contributed by atoms with Crippen LogP contribution in [0.3, 0.4) is 0 Å². The SMILES string of the molecule is CCCCCCCCC=CCCCCCCC(CNCC(CCCCCCC=CCCCCCCCC)C(C)(C)O)C(C)(C)O. The smallest absolute Gasteiger partial charge is 0.0631 e. The Morgan fingerprint density at radius 3 is 0.978 bits per heavy atom. The van der Waals surface area contributed by atoms with Gasteiger partial charge in [-0.25, -0.2) is 0 Å². The van der Waals surface area contributed by atoms with Gasteiger partial charge in [0, 0.05) is 13.1 Å². The van der Waals surface area contributed by atoms with Gasteiger partial charge in [-0.1, -0.05) is 141 Å². The van der Waals surface area contributed by atoms with Crippen molar-refractivity contribution in [2.45, 2.75) is 220 Å². The van der Waals surface area contributed by atoms with Gasteiger partial charge in [0.1, 0.15) is 0 Å². The summed E-state index contributed by atoms with van der Waals surface area (Å²) >= 11 is 0. The number of aliphatic hydroxyl groups is 2. The van der Waals surface area contributed by atoms with Crippen molar-refractivity contribution in [1.29, 1.82) is 0 Å². The Morgan fingerprint density at radius 2 is 0.689 bits per heavy atom. The molecule has 0 bridgehead atoms. The van der Waals surface area contributed by atoms with Gasteiger partial charge in [-0.05, 0) is 104 Å². The normalized spacial score (nSPS) is 14.2. The van der Waals surface area contributed by atoms with Crippen LogP contribution >= 0.6 is 0 Å². The summed E-state index contributed by atoms with van der Waals surface area (Å²) in [4.78, 5) is 0. The highest BCUT2D eigenvalue weighted by molar-refractivity contribution is 4.84. The van der Waals surface area contributed by atoms with Gasteiger partial charge in [0.25, 0.3) is 0 Å². The lowest BCUT2D eigenvalue weighted by molar-refractivity contribution is 0.00118. The molecule has 0 radical (unpaired) electrons. The topological polar surface area (TPSA) is 52.5 Å². The molecule has 268 valence electrons. The number of rotatable bonds is 34. The number of unbranched alkanes of at least 4 members (excludes halogenated alkanes) is 20. The number of hydrogen-bond donors (Lipinski definition) is 3. The van der Waals surface area contributed by atoms with Crippen LogP contribution in [0.4, 0.5) is 0 Å². The van der Waals surface area contributed by atoms with Crippen molar-refractivity contribution >= 4 is 0 Å². The molecule has 0 fully saturated rings. The van der Waals surface area contributed by atoms with Crippen molar-refractivity contribution in [2.24, 2.45) is 11.8 Å². The molecule has 0 saturated heterocycles. The molecule has 2 unspecified atom stereocenters. The summed E-state index contributed by atoms with van der Waals surface area (Å²) in [6.07, 6.45) is 43.1. The minimum atomic E-state index is -0.681. The zero-order valence-electron chi connectivity index (χ0n) is 31.7. The van der Waals surface area contributed by atoms with Gasteiger partial charge in [0.2, 0.25) is 0 Å². The number of allylic oxidation sites excluding steroid dienone is 4. The van der Waals surface area contributed by atoms with Crippen LogP contribution in [0.1, 0.15) is 208 Å². The molecule has 3 heteroatoms. The first kappa shape index (κ1) is 44.4. The second kappa shape index (κ2) is 30.7. The standard InChI is InChI=1S/C42H83NO2/c1-7-9-11-13-15-17-19-21-23-25-27-29-31-33-35-39(41(3,4)44)37-43-38-40(42(5,6)45)36-34-32-30-28-26-24-22-20-18-16-14-12-10-8-2/h21-24,39-40,43-45H,7-20,25-38H2,1-6H3. The van der Waals surface area contributed by atoms with Crippen LogP contribution in [0.25, 0.3) is 0 Å². The minimum absolute atomic E-state index is 0.242. The van der Waals surface area contributed by atoms with Gasteiger partial charge < -0.3 is 15.5 Å². The summed E-state index contributed by atoms with van der Waals surface area (Å²) in [5, 5.41) is 25.4. The molecule has 0 saturated carbocycles. The molecule has 0 aromatic carbocycles. The molecule has 0 heterocycles. The zero-order valence-corrected chi connectivity index (χ0v) is 31.7. The first-order valence-corrected chi connectivity index (χ1v) is 20.1. The Hall–Kier alpha value is -0.640. The zero-order chi connectivity index (χ0) is 33.5. The third kappa shape index (κ3) is 30.4. The largest absolute Gasteiger partial charge is 0.390 e. The van der Waals surface area contributed by atoms with E-state index in [-0.39, 0.29) is 11.8 Å². The van der Waals surface area contributed by atoms with Crippen LogP contribution in [-0.4, -0.2) is 34.5 Å². The van der Waals surface area contributed by atoms with Crippen LogP contribution in [0.15, 0.2) is 24.3 Å². The molecule has 0 aromatic rings. The van der Waals surface area contributed by atoms with Crippen LogP contribution in [-0.2, 0) is 0 Å². The van der Waals surface area contributed by atoms with Crippen molar-refractivity contribution < 1.29 is 10.2 Å². The van der Waals surface area contributed by atoms with Gasteiger partial charge in [-0.3, -0.25) is 0 Å². The van der Waals surface area contributed by atoms with E-state index >= 15 is 0 Å². The molecule has 3 N–H and O–H groups in total. The Morgan fingerprint density at radius 1 is 0.422 bits per heavy atom. The Bertz CT molecular complexity index is 601. The van der Waals surface area contributed by atoms with Gasteiger partial charge >= 0.3 is 0 Å². The predicted octanol–water partition coefficient (Wildman–Crippen LogP) is 12.6. The fourth-order valence-corrected chi connectivity index (χ4v) is 6.41. The summed E-state index contributed by atoms with van der Waals surface area (Å²) in [6, 6.07) is 0. The highest BCUT2D eigenvalue weighted by Gasteiger charge is 2.29. The second-order valence-corrected chi connectivity index (χ2v) is 15.4. The third-order valence-electron chi connectivity index (χ3n) is 9.91. The fourth-order valence-electron chi connectivity index (χ4n) is 6.41. The van der Waals surface area contributed by atoms with E-state index in [2.05, 4.69) is 43.5 Å². The van der Waals surface area contributed by atoms with Crippen LogP contribution in [0.5, 0.6) is 0 Å². The predicted molar refractivity (Wildman–Crippen MR) is 202 cm³/mol. The molecule has 0 aliphatic rings. The van der Waals surface area contributed by atoms with E-state index in [9.17, 15) is 10.2 Å². The first-order valence-electron chi connectivity index (χ1n) is 20.1. The Kier molecular flexibility index (Phi) is 30.2. The maximum atomic E-state index is 10.8. The fraction of sp³-hybridized carbons (Fsp3) is 0.905. The summed E-state index contributed by atoms with van der Waals surface area (Å²) in [5.41, 5.74) is -1.36. The molecule has 3 nitrogen and oxygen atoms in total. The molecule has 0 amide bonds. The van der Waals surface area contributed by atoms with E-state index in [1.54, 1.807) is 0 Å². The lowest BCUT2D eigenvalue weighted by atomic mass is 9.84. The van der Waals surface area contributed by atoms with Crippen molar-refractivity contribution in [3.05, 3.63) is 24.3 Å². The minimum Gasteiger partial charge on any atom is -0.390 e.